The third kappa shape index (κ3) is 3.52. The fourth-order valence-electron chi connectivity index (χ4n) is 2.28. The molecule has 112 valence electrons. The maximum atomic E-state index is 12.2. The molecule has 1 atom stereocenters. The van der Waals surface area contributed by atoms with Gasteiger partial charge in [-0.15, -0.1) is 0 Å². The fourth-order valence-corrected chi connectivity index (χ4v) is 2.59. The van der Waals surface area contributed by atoms with E-state index in [2.05, 4.69) is 17.2 Å². The Morgan fingerprint density at radius 1 is 1.52 bits per heavy atom. The van der Waals surface area contributed by atoms with E-state index in [1.54, 1.807) is 6.20 Å². The van der Waals surface area contributed by atoms with Gasteiger partial charge in [0.05, 0.1) is 22.3 Å². The molecule has 21 heavy (non-hydrogen) atoms. The van der Waals surface area contributed by atoms with Crippen LogP contribution in [0.25, 0.3) is 10.9 Å². The molecule has 0 bridgehead atoms. The van der Waals surface area contributed by atoms with E-state index in [0.29, 0.717) is 17.1 Å². The minimum atomic E-state index is -0.519. The van der Waals surface area contributed by atoms with E-state index < -0.39 is 6.04 Å². The number of unbranched alkanes of at least 4 members (excludes halogenated alkanes) is 1. The Morgan fingerprint density at radius 3 is 3.00 bits per heavy atom. The topological polar surface area (TPSA) is 68.0 Å². The van der Waals surface area contributed by atoms with Crippen LogP contribution in [0.3, 0.4) is 0 Å². The van der Waals surface area contributed by atoms with Gasteiger partial charge in [0.25, 0.3) is 0 Å². The van der Waals surface area contributed by atoms with Crippen molar-refractivity contribution in [2.45, 2.75) is 39.2 Å². The third-order valence-electron chi connectivity index (χ3n) is 3.49. The summed E-state index contributed by atoms with van der Waals surface area (Å²) in [6, 6.07) is 5.01. The molecular formula is C16H20ClN3O. The molecule has 2 rings (SSSR count). The molecule has 0 aliphatic heterocycles. The lowest BCUT2D eigenvalue weighted by Crippen LogP contribution is -2.35. The van der Waals surface area contributed by atoms with Crippen LogP contribution in [0.4, 0.5) is 5.69 Å². The van der Waals surface area contributed by atoms with Crippen molar-refractivity contribution in [1.29, 1.82) is 0 Å². The Bertz CT molecular complexity index is 657. The van der Waals surface area contributed by atoms with E-state index in [-0.39, 0.29) is 5.91 Å². The molecule has 1 aromatic heterocycles. The second-order valence-electron chi connectivity index (χ2n) is 5.19. The molecule has 0 aliphatic carbocycles. The Balaban J connectivity index is 2.32. The SMILES string of the molecule is CCCC[C@H](N)C(=O)Nc1c(Cl)cc(C)c2ncccc12. The van der Waals surface area contributed by atoms with Crippen LogP contribution < -0.4 is 11.1 Å². The van der Waals surface area contributed by atoms with Crippen LogP contribution in [0.2, 0.25) is 5.02 Å². The lowest BCUT2D eigenvalue weighted by molar-refractivity contribution is -0.117. The number of hydrogen-bond donors (Lipinski definition) is 2. The number of benzene rings is 1. The predicted octanol–water partition coefficient (Wildman–Crippen LogP) is 3.65. The van der Waals surface area contributed by atoms with Gasteiger partial charge in [0, 0.05) is 11.6 Å². The van der Waals surface area contributed by atoms with Crippen LogP contribution in [0.15, 0.2) is 24.4 Å². The lowest BCUT2D eigenvalue weighted by Gasteiger charge is -2.15. The van der Waals surface area contributed by atoms with E-state index >= 15 is 0 Å². The average molecular weight is 306 g/mol. The van der Waals surface area contributed by atoms with Crippen LogP contribution in [-0.2, 0) is 4.79 Å². The number of carbonyl (C=O) groups excluding carboxylic acids is 1. The Hall–Kier alpha value is -1.65. The monoisotopic (exact) mass is 305 g/mol. The van der Waals surface area contributed by atoms with Gasteiger partial charge in [0.2, 0.25) is 5.91 Å². The summed E-state index contributed by atoms with van der Waals surface area (Å²) in [5.41, 5.74) is 8.30. The molecule has 2 aromatic rings. The Labute approximate surface area is 129 Å². The molecule has 1 aromatic carbocycles. The number of nitrogens with two attached hydrogens (primary N) is 1. The Kier molecular flexibility index (Phi) is 5.15. The summed E-state index contributed by atoms with van der Waals surface area (Å²) >= 11 is 6.28. The summed E-state index contributed by atoms with van der Waals surface area (Å²) in [5.74, 6) is -0.209. The number of aromatic nitrogens is 1. The molecule has 1 amide bonds. The fraction of sp³-hybridized carbons (Fsp3) is 0.375. The maximum Gasteiger partial charge on any atom is 0.241 e. The number of hydrogen-bond acceptors (Lipinski definition) is 3. The number of halogens is 1. The first-order chi connectivity index (χ1) is 10.0. The van der Waals surface area contributed by atoms with Gasteiger partial charge in [-0.3, -0.25) is 9.78 Å². The van der Waals surface area contributed by atoms with Crippen LogP contribution in [-0.4, -0.2) is 16.9 Å². The van der Waals surface area contributed by atoms with Gasteiger partial charge < -0.3 is 11.1 Å². The second-order valence-corrected chi connectivity index (χ2v) is 5.60. The summed E-state index contributed by atoms with van der Waals surface area (Å²) < 4.78 is 0. The number of anilines is 1. The molecule has 0 unspecified atom stereocenters. The highest BCUT2D eigenvalue weighted by Gasteiger charge is 2.17. The number of amides is 1. The molecule has 3 N–H and O–H groups in total. The highest BCUT2D eigenvalue weighted by Crippen LogP contribution is 2.32. The molecular weight excluding hydrogens is 286 g/mol. The predicted molar refractivity (Wildman–Crippen MR) is 87.6 cm³/mol. The zero-order chi connectivity index (χ0) is 15.4. The van der Waals surface area contributed by atoms with Crippen molar-refractivity contribution >= 4 is 34.1 Å². The quantitative estimate of drug-likeness (QED) is 0.886. The average Bonchev–Trinajstić information content (AvgIpc) is 2.48. The molecule has 5 heteroatoms. The third-order valence-corrected chi connectivity index (χ3v) is 3.78. The minimum absolute atomic E-state index is 0.209. The van der Waals surface area contributed by atoms with Crippen molar-refractivity contribution < 1.29 is 4.79 Å². The summed E-state index contributed by atoms with van der Waals surface area (Å²) in [4.78, 5) is 16.5. The van der Waals surface area contributed by atoms with Gasteiger partial charge in [-0.25, -0.2) is 0 Å². The van der Waals surface area contributed by atoms with Gasteiger partial charge in [0.1, 0.15) is 0 Å². The lowest BCUT2D eigenvalue weighted by atomic mass is 10.1. The summed E-state index contributed by atoms with van der Waals surface area (Å²) in [6.07, 6.45) is 4.33. The molecule has 0 aliphatic rings. The van der Waals surface area contributed by atoms with E-state index in [0.717, 1.165) is 29.3 Å². The maximum absolute atomic E-state index is 12.2. The van der Waals surface area contributed by atoms with Gasteiger partial charge in [-0.05, 0) is 37.1 Å². The number of nitrogens with zero attached hydrogens (tertiary/aromatic N) is 1. The van der Waals surface area contributed by atoms with Gasteiger partial charge >= 0.3 is 0 Å². The van der Waals surface area contributed by atoms with Crippen molar-refractivity contribution in [3.8, 4) is 0 Å². The van der Waals surface area contributed by atoms with Crippen molar-refractivity contribution in [1.82, 2.24) is 4.98 Å². The highest BCUT2D eigenvalue weighted by atomic mass is 35.5. The largest absolute Gasteiger partial charge is 0.323 e. The van der Waals surface area contributed by atoms with Crippen molar-refractivity contribution in [3.05, 3.63) is 35.0 Å². The Morgan fingerprint density at radius 2 is 2.29 bits per heavy atom. The molecule has 0 spiro atoms. The summed E-state index contributed by atoms with van der Waals surface area (Å²) in [6.45, 7) is 4.01. The van der Waals surface area contributed by atoms with E-state index in [9.17, 15) is 4.79 Å². The van der Waals surface area contributed by atoms with E-state index in [4.69, 9.17) is 17.3 Å². The zero-order valence-corrected chi connectivity index (χ0v) is 13.1. The molecule has 0 radical (unpaired) electrons. The van der Waals surface area contributed by atoms with E-state index in [1.165, 1.54) is 0 Å². The van der Waals surface area contributed by atoms with Gasteiger partial charge in [-0.1, -0.05) is 31.4 Å². The number of pyridine rings is 1. The first kappa shape index (κ1) is 15.7. The van der Waals surface area contributed by atoms with Crippen LogP contribution >= 0.6 is 11.6 Å². The number of aryl methyl sites for hydroxylation is 1. The number of rotatable bonds is 5. The van der Waals surface area contributed by atoms with Crippen LogP contribution in [0, 0.1) is 6.92 Å². The first-order valence-electron chi connectivity index (χ1n) is 7.14. The number of nitrogens with one attached hydrogen (secondary N) is 1. The van der Waals surface area contributed by atoms with Crippen molar-refractivity contribution in [2.24, 2.45) is 5.73 Å². The molecule has 0 fully saturated rings. The zero-order valence-electron chi connectivity index (χ0n) is 12.3. The molecule has 1 heterocycles. The van der Waals surface area contributed by atoms with Crippen LogP contribution in [0.5, 0.6) is 0 Å². The van der Waals surface area contributed by atoms with Crippen molar-refractivity contribution in [2.75, 3.05) is 5.32 Å². The number of fused-ring (bicyclic) bond motifs is 1. The second kappa shape index (κ2) is 6.87. The standard InChI is InChI=1S/C16H20ClN3O/c1-3-4-7-13(18)16(21)20-15-11-6-5-8-19-14(11)10(2)9-12(15)17/h5-6,8-9,13H,3-4,7,18H2,1-2H3,(H,20,21)/t13-/m0/s1. The van der Waals surface area contributed by atoms with E-state index in [1.807, 2.05) is 25.1 Å². The molecule has 0 saturated carbocycles. The molecule has 0 saturated heterocycles. The van der Waals surface area contributed by atoms with Gasteiger partial charge in [0.15, 0.2) is 0 Å². The summed E-state index contributed by atoms with van der Waals surface area (Å²) in [7, 11) is 0. The minimum Gasteiger partial charge on any atom is -0.323 e. The number of carbonyl (C=O) groups is 1. The summed E-state index contributed by atoms with van der Waals surface area (Å²) in [5, 5.41) is 4.19. The van der Waals surface area contributed by atoms with Crippen molar-refractivity contribution in [3.63, 3.8) is 0 Å². The normalized spacial score (nSPS) is 12.4. The van der Waals surface area contributed by atoms with Crippen LogP contribution in [0.1, 0.15) is 31.7 Å². The first-order valence-corrected chi connectivity index (χ1v) is 7.52. The highest BCUT2D eigenvalue weighted by molar-refractivity contribution is 6.35. The van der Waals surface area contributed by atoms with Gasteiger partial charge in [-0.2, -0.15) is 0 Å². The molecule has 4 nitrogen and oxygen atoms in total. The smallest absolute Gasteiger partial charge is 0.241 e.